The maximum absolute atomic E-state index is 11.7. The lowest BCUT2D eigenvalue weighted by Gasteiger charge is -2.03. The highest BCUT2D eigenvalue weighted by Gasteiger charge is 2.09. The van der Waals surface area contributed by atoms with Gasteiger partial charge < -0.3 is 9.88 Å². The van der Waals surface area contributed by atoms with Gasteiger partial charge >= 0.3 is 4.87 Å². The van der Waals surface area contributed by atoms with E-state index in [4.69, 9.17) is 0 Å². The van der Waals surface area contributed by atoms with E-state index in [9.17, 15) is 9.59 Å². The van der Waals surface area contributed by atoms with Gasteiger partial charge in [-0.2, -0.15) is 0 Å². The van der Waals surface area contributed by atoms with Crippen molar-refractivity contribution in [3.8, 4) is 0 Å². The van der Waals surface area contributed by atoms with Crippen molar-refractivity contribution in [2.75, 3.05) is 5.32 Å². The van der Waals surface area contributed by atoms with E-state index in [1.165, 1.54) is 11.3 Å². The van der Waals surface area contributed by atoms with Crippen LogP contribution in [0.25, 0.3) is 0 Å². The molecule has 2 aromatic heterocycles. The van der Waals surface area contributed by atoms with Crippen LogP contribution in [0.3, 0.4) is 0 Å². The minimum absolute atomic E-state index is 0.0329. The number of thiazole rings is 1. The third-order valence-corrected chi connectivity index (χ3v) is 4.42. The molecule has 2 aromatic rings. The molecule has 2 heterocycles. The first kappa shape index (κ1) is 13.9. The van der Waals surface area contributed by atoms with E-state index in [0.717, 1.165) is 28.5 Å². The topological polar surface area (TPSA) is 76.9 Å². The summed E-state index contributed by atoms with van der Waals surface area (Å²) in [6, 6.07) is 0. The molecule has 0 saturated carbocycles. The smallest absolute Gasteiger partial charge is 0.303 e. The van der Waals surface area contributed by atoms with Gasteiger partial charge in [0.25, 0.3) is 0 Å². The van der Waals surface area contributed by atoms with Crippen LogP contribution in [0.1, 0.15) is 24.0 Å². The zero-order chi connectivity index (χ0) is 13.8. The summed E-state index contributed by atoms with van der Waals surface area (Å²) in [4.78, 5) is 23.2. The molecule has 2 rings (SSSR count). The number of aryl methyl sites for hydroxylation is 2. The highest BCUT2D eigenvalue weighted by molar-refractivity contribution is 7.15. The number of carbonyl (C=O) groups is 1. The van der Waals surface area contributed by atoms with Crippen LogP contribution in [0.15, 0.2) is 10.2 Å². The number of rotatable bonds is 5. The highest BCUT2D eigenvalue weighted by atomic mass is 32.1. The molecule has 0 radical (unpaired) electrons. The average Bonchev–Trinajstić information content (AvgIpc) is 2.95. The molecule has 6 nitrogen and oxygen atoms in total. The molecule has 0 fully saturated rings. The first-order valence-electron chi connectivity index (χ1n) is 5.87. The predicted octanol–water partition coefficient (Wildman–Crippen LogP) is 1.66. The number of anilines is 1. The number of aromatic nitrogens is 3. The molecule has 0 saturated heterocycles. The van der Waals surface area contributed by atoms with Crippen molar-refractivity contribution < 1.29 is 4.79 Å². The van der Waals surface area contributed by atoms with Crippen molar-refractivity contribution in [2.24, 2.45) is 0 Å². The number of carbonyl (C=O) groups excluding carboxylic acids is 1. The summed E-state index contributed by atoms with van der Waals surface area (Å²) in [7, 11) is 0. The fraction of sp³-hybridized carbons (Fsp3) is 0.455. The summed E-state index contributed by atoms with van der Waals surface area (Å²) in [6.45, 7) is 4.23. The fourth-order valence-corrected chi connectivity index (χ4v) is 2.97. The van der Waals surface area contributed by atoms with Gasteiger partial charge in [0, 0.05) is 24.0 Å². The van der Waals surface area contributed by atoms with Crippen LogP contribution in [-0.4, -0.2) is 20.7 Å². The lowest BCUT2D eigenvalue weighted by molar-refractivity contribution is -0.116. The van der Waals surface area contributed by atoms with Crippen LogP contribution < -0.4 is 10.2 Å². The Morgan fingerprint density at radius 3 is 2.84 bits per heavy atom. The van der Waals surface area contributed by atoms with E-state index in [1.54, 1.807) is 9.95 Å². The molecule has 0 bridgehead atoms. The van der Waals surface area contributed by atoms with Gasteiger partial charge in [0.05, 0.1) is 0 Å². The van der Waals surface area contributed by atoms with Crippen molar-refractivity contribution in [3.63, 3.8) is 0 Å². The van der Waals surface area contributed by atoms with Crippen LogP contribution in [-0.2, 0) is 17.8 Å². The van der Waals surface area contributed by atoms with E-state index in [1.807, 2.05) is 13.8 Å². The Labute approximate surface area is 118 Å². The lowest BCUT2D eigenvalue weighted by atomic mass is 10.4. The third-order valence-electron chi connectivity index (χ3n) is 2.55. The van der Waals surface area contributed by atoms with Crippen LogP contribution in [0.4, 0.5) is 5.13 Å². The van der Waals surface area contributed by atoms with Gasteiger partial charge in [0.15, 0.2) is 0 Å². The zero-order valence-electron chi connectivity index (χ0n) is 10.7. The highest BCUT2D eigenvalue weighted by Crippen LogP contribution is 2.15. The largest absolute Gasteiger partial charge is 0.307 e. The Kier molecular flexibility index (Phi) is 4.43. The minimum Gasteiger partial charge on any atom is -0.303 e. The van der Waals surface area contributed by atoms with Gasteiger partial charge in [-0.1, -0.05) is 29.6 Å². The van der Waals surface area contributed by atoms with Gasteiger partial charge in [0.1, 0.15) is 5.01 Å². The Bertz CT molecular complexity index is 629. The predicted molar refractivity (Wildman–Crippen MR) is 75.8 cm³/mol. The van der Waals surface area contributed by atoms with E-state index in [0.29, 0.717) is 11.7 Å². The second-order valence-corrected chi connectivity index (χ2v) is 5.83. The second kappa shape index (κ2) is 6.07. The van der Waals surface area contributed by atoms with Crippen LogP contribution in [0.5, 0.6) is 0 Å². The van der Waals surface area contributed by atoms with Gasteiger partial charge in [-0.3, -0.25) is 9.59 Å². The summed E-state index contributed by atoms with van der Waals surface area (Å²) >= 11 is 2.52. The van der Waals surface area contributed by atoms with E-state index in [-0.39, 0.29) is 17.2 Å². The molecule has 102 valence electrons. The van der Waals surface area contributed by atoms with E-state index in [2.05, 4.69) is 15.5 Å². The molecule has 0 aromatic carbocycles. The maximum atomic E-state index is 11.7. The Balaban J connectivity index is 1.90. The third kappa shape index (κ3) is 3.48. The van der Waals surface area contributed by atoms with E-state index < -0.39 is 0 Å². The lowest BCUT2D eigenvalue weighted by Crippen LogP contribution is -2.20. The summed E-state index contributed by atoms with van der Waals surface area (Å²) < 4.78 is 1.60. The molecule has 1 amide bonds. The SMILES string of the molecule is CCc1nnc(NC(=O)CCn2c(C)csc2=O)s1. The molecule has 8 heteroatoms. The molecule has 19 heavy (non-hydrogen) atoms. The molecular weight excluding hydrogens is 284 g/mol. The molecule has 0 aliphatic rings. The second-order valence-electron chi connectivity index (χ2n) is 3.95. The molecule has 1 N–H and O–H groups in total. The van der Waals surface area contributed by atoms with Crippen molar-refractivity contribution in [3.05, 3.63) is 25.7 Å². The summed E-state index contributed by atoms with van der Waals surface area (Å²) in [5.41, 5.74) is 0.881. The van der Waals surface area contributed by atoms with Crippen molar-refractivity contribution in [1.29, 1.82) is 0 Å². The first-order chi connectivity index (χ1) is 9.10. The number of nitrogens with one attached hydrogen (secondary N) is 1. The van der Waals surface area contributed by atoms with Crippen molar-refractivity contribution >= 4 is 33.7 Å². The fourth-order valence-electron chi connectivity index (χ4n) is 1.52. The van der Waals surface area contributed by atoms with Gasteiger partial charge in [-0.15, -0.1) is 10.2 Å². The Morgan fingerprint density at radius 1 is 1.47 bits per heavy atom. The number of amides is 1. The Morgan fingerprint density at radius 2 is 2.26 bits per heavy atom. The standard InChI is InChI=1S/C11H14N4O2S2/c1-3-9-13-14-10(19-9)12-8(16)4-5-15-7(2)6-18-11(15)17/h6H,3-5H2,1-2H3,(H,12,14,16). The average molecular weight is 298 g/mol. The molecule has 0 atom stereocenters. The van der Waals surface area contributed by atoms with Gasteiger partial charge in [-0.05, 0) is 13.3 Å². The number of nitrogens with zero attached hydrogens (tertiary/aromatic N) is 3. The minimum atomic E-state index is -0.156. The monoisotopic (exact) mass is 298 g/mol. The first-order valence-corrected chi connectivity index (χ1v) is 7.57. The van der Waals surface area contributed by atoms with Gasteiger partial charge in [-0.25, -0.2) is 0 Å². The number of hydrogen-bond donors (Lipinski definition) is 1. The zero-order valence-corrected chi connectivity index (χ0v) is 12.3. The van der Waals surface area contributed by atoms with E-state index >= 15 is 0 Å². The molecule has 0 spiro atoms. The van der Waals surface area contributed by atoms with Crippen molar-refractivity contribution in [2.45, 2.75) is 33.2 Å². The molecule has 0 aliphatic heterocycles. The Hall–Kier alpha value is -1.54. The van der Waals surface area contributed by atoms with Crippen LogP contribution in [0.2, 0.25) is 0 Å². The molecule has 0 aliphatic carbocycles. The maximum Gasteiger partial charge on any atom is 0.307 e. The quantitative estimate of drug-likeness (QED) is 0.910. The van der Waals surface area contributed by atoms with Crippen molar-refractivity contribution in [1.82, 2.24) is 14.8 Å². The normalized spacial score (nSPS) is 10.6. The van der Waals surface area contributed by atoms with Crippen LogP contribution >= 0.6 is 22.7 Å². The molecular formula is C11H14N4O2S2. The van der Waals surface area contributed by atoms with Gasteiger partial charge in [0.2, 0.25) is 11.0 Å². The summed E-state index contributed by atoms with van der Waals surface area (Å²) in [5.74, 6) is -0.156. The molecule has 0 unspecified atom stereocenters. The van der Waals surface area contributed by atoms with Crippen LogP contribution in [0, 0.1) is 6.92 Å². The summed E-state index contributed by atoms with van der Waals surface area (Å²) in [6.07, 6.45) is 1.05. The number of hydrogen-bond acceptors (Lipinski definition) is 6. The summed E-state index contributed by atoms with van der Waals surface area (Å²) in [5, 5.41) is 13.7.